The third-order valence-electron chi connectivity index (χ3n) is 7.22. The van der Waals surface area contributed by atoms with E-state index in [0.29, 0.717) is 32.2 Å². The Kier molecular flexibility index (Phi) is 8.44. The summed E-state index contributed by atoms with van der Waals surface area (Å²) >= 11 is 0. The lowest BCUT2D eigenvalue weighted by Gasteiger charge is -2.34. The predicted molar refractivity (Wildman–Crippen MR) is 157 cm³/mol. The molecule has 1 N–H and O–H groups in total. The van der Waals surface area contributed by atoms with Crippen LogP contribution in [0.5, 0.6) is 0 Å². The first-order chi connectivity index (χ1) is 19.0. The van der Waals surface area contributed by atoms with Crippen molar-refractivity contribution in [3.05, 3.63) is 72.3 Å². The van der Waals surface area contributed by atoms with E-state index >= 15 is 0 Å². The highest BCUT2D eigenvalue weighted by Crippen LogP contribution is 2.32. The number of para-hydroxylation sites is 1. The number of hydrogen-bond donors (Lipinski definition) is 1. The minimum atomic E-state index is 0.0760. The lowest BCUT2D eigenvalue weighted by atomic mass is 10.0. The summed E-state index contributed by atoms with van der Waals surface area (Å²) in [7, 11) is 3.98. The zero-order valence-electron chi connectivity index (χ0n) is 23.0. The lowest BCUT2D eigenvalue weighted by Crippen LogP contribution is -2.44. The van der Waals surface area contributed by atoms with Gasteiger partial charge in [-0.25, -0.2) is 0 Å². The molecule has 0 saturated carbocycles. The number of fused-ring (bicyclic) bond motifs is 1. The van der Waals surface area contributed by atoms with Gasteiger partial charge in [0, 0.05) is 63.3 Å². The summed E-state index contributed by atoms with van der Waals surface area (Å²) in [6.07, 6.45) is 0.358. The first kappa shape index (κ1) is 26.7. The number of ether oxygens (including phenoxy) is 1. The maximum absolute atomic E-state index is 12.5. The number of likely N-dealkylation sites (N-methyl/N-ethyl adjacent to an activating group) is 2. The third kappa shape index (κ3) is 6.58. The number of nitrogens with zero attached hydrogens (tertiary/aromatic N) is 4. The topological polar surface area (TPSA) is 74.1 Å². The SMILES string of the molecule is CCOCCN(C)C(=O)Cc1ccc(-c2cccc3nc(Nc4ccc(N5CCN(C)CC5)cc4)oc23)cc1. The van der Waals surface area contributed by atoms with E-state index in [2.05, 4.69) is 51.4 Å². The van der Waals surface area contributed by atoms with Gasteiger partial charge in [0.1, 0.15) is 5.52 Å². The Balaban J connectivity index is 1.25. The van der Waals surface area contributed by atoms with Gasteiger partial charge in [-0.15, -0.1) is 0 Å². The highest BCUT2D eigenvalue weighted by Gasteiger charge is 2.16. The summed E-state index contributed by atoms with van der Waals surface area (Å²) in [6, 6.07) is 22.9. The number of piperazine rings is 1. The van der Waals surface area contributed by atoms with Crippen LogP contribution in [-0.4, -0.2) is 80.7 Å². The minimum absolute atomic E-state index is 0.0760. The van der Waals surface area contributed by atoms with E-state index in [-0.39, 0.29) is 5.91 Å². The van der Waals surface area contributed by atoms with E-state index in [4.69, 9.17) is 9.15 Å². The van der Waals surface area contributed by atoms with E-state index in [1.165, 1.54) is 5.69 Å². The van der Waals surface area contributed by atoms with Crippen LogP contribution in [-0.2, 0) is 16.0 Å². The van der Waals surface area contributed by atoms with Gasteiger partial charge < -0.3 is 29.2 Å². The third-order valence-corrected chi connectivity index (χ3v) is 7.22. The van der Waals surface area contributed by atoms with Gasteiger partial charge in [-0.05, 0) is 55.4 Å². The van der Waals surface area contributed by atoms with Gasteiger partial charge in [0.2, 0.25) is 5.91 Å². The number of hydrogen-bond acceptors (Lipinski definition) is 7. The van der Waals surface area contributed by atoms with Crippen LogP contribution in [0.3, 0.4) is 0 Å². The van der Waals surface area contributed by atoms with E-state index in [0.717, 1.165) is 59.7 Å². The van der Waals surface area contributed by atoms with Crippen LogP contribution in [0.15, 0.2) is 71.1 Å². The second kappa shape index (κ2) is 12.3. The maximum Gasteiger partial charge on any atom is 0.300 e. The van der Waals surface area contributed by atoms with Gasteiger partial charge in [-0.3, -0.25) is 4.79 Å². The van der Waals surface area contributed by atoms with Crippen LogP contribution < -0.4 is 10.2 Å². The van der Waals surface area contributed by atoms with Crippen LogP contribution in [0.1, 0.15) is 12.5 Å². The number of benzene rings is 3. The van der Waals surface area contributed by atoms with E-state index < -0.39 is 0 Å². The number of rotatable bonds is 10. The fraction of sp³-hybridized carbons (Fsp3) is 0.355. The average molecular weight is 528 g/mol. The summed E-state index contributed by atoms with van der Waals surface area (Å²) in [4.78, 5) is 23.7. The molecule has 1 aliphatic rings. The highest BCUT2D eigenvalue weighted by molar-refractivity contribution is 5.91. The fourth-order valence-electron chi connectivity index (χ4n) is 4.76. The number of oxazole rings is 1. The van der Waals surface area contributed by atoms with Crippen molar-refractivity contribution in [2.75, 3.05) is 70.2 Å². The monoisotopic (exact) mass is 527 g/mol. The summed E-state index contributed by atoms with van der Waals surface area (Å²) in [5.74, 6) is 0.0760. The van der Waals surface area contributed by atoms with E-state index in [9.17, 15) is 4.79 Å². The molecule has 1 fully saturated rings. The molecule has 39 heavy (non-hydrogen) atoms. The van der Waals surface area contributed by atoms with Crippen molar-refractivity contribution >= 4 is 34.4 Å². The van der Waals surface area contributed by atoms with Crippen molar-refractivity contribution in [3.8, 4) is 11.1 Å². The fourth-order valence-corrected chi connectivity index (χ4v) is 4.76. The molecule has 8 heteroatoms. The van der Waals surface area contributed by atoms with Crippen molar-refractivity contribution in [3.63, 3.8) is 0 Å². The van der Waals surface area contributed by atoms with Crippen molar-refractivity contribution in [1.82, 2.24) is 14.8 Å². The van der Waals surface area contributed by atoms with Crippen LogP contribution in [0.4, 0.5) is 17.4 Å². The molecule has 0 bridgehead atoms. The van der Waals surface area contributed by atoms with E-state index in [1.54, 1.807) is 4.90 Å². The molecule has 0 atom stereocenters. The molecule has 4 aromatic rings. The molecule has 1 saturated heterocycles. The van der Waals surface area contributed by atoms with E-state index in [1.807, 2.05) is 56.4 Å². The first-order valence-electron chi connectivity index (χ1n) is 13.6. The van der Waals surface area contributed by atoms with Crippen molar-refractivity contribution in [1.29, 1.82) is 0 Å². The summed E-state index contributed by atoms with van der Waals surface area (Å²) in [6.45, 7) is 8.00. The van der Waals surface area contributed by atoms with Gasteiger partial charge in [0.25, 0.3) is 6.01 Å². The minimum Gasteiger partial charge on any atom is -0.423 e. The molecule has 8 nitrogen and oxygen atoms in total. The molecular formula is C31H37N5O3. The molecule has 1 aliphatic heterocycles. The summed E-state index contributed by atoms with van der Waals surface area (Å²) in [5, 5.41) is 3.31. The molecule has 0 unspecified atom stereocenters. The van der Waals surface area contributed by atoms with Gasteiger partial charge >= 0.3 is 0 Å². The Bertz CT molecular complexity index is 1380. The second-order valence-corrected chi connectivity index (χ2v) is 10.0. The molecule has 3 aromatic carbocycles. The molecule has 1 amide bonds. The Morgan fingerprint density at radius 1 is 1.03 bits per heavy atom. The first-order valence-corrected chi connectivity index (χ1v) is 13.6. The summed E-state index contributed by atoms with van der Waals surface area (Å²) in [5.41, 5.74) is 6.63. The number of amides is 1. The van der Waals surface area contributed by atoms with Crippen LogP contribution in [0, 0.1) is 0 Å². The average Bonchev–Trinajstić information content (AvgIpc) is 3.37. The van der Waals surface area contributed by atoms with Gasteiger partial charge in [0.05, 0.1) is 13.0 Å². The number of anilines is 3. The van der Waals surface area contributed by atoms with Gasteiger partial charge in [-0.1, -0.05) is 36.4 Å². The lowest BCUT2D eigenvalue weighted by molar-refractivity contribution is -0.129. The highest BCUT2D eigenvalue weighted by atomic mass is 16.5. The molecule has 204 valence electrons. The number of carbonyl (C=O) groups is 1. The Hall–Kier alpha value is -3.88. The molecule has 5 rings (SSSR count). The maximum atomic E-state index is 12.5. The quantitative estimate of drug-likeness (QED) is 0.290. The van der Waals surface area contributed by atoms with Gasteiger partial charge in [-0.2, -0.15) is 4.98 Å². The van der Waals surface area contributed by atoms with Crippen LogP contribution in [0.25, 0.3) is 22.2 Å². The Morgan fingerprint density at radius 2 is 1.77 bits per heavy atom. The zero-order valence-corrected chi connectivity index (χ0v) is 23.0. The smallest absolute Gasteiger partial charge is 0.300 e. The predicted octanol–water partition coefficient (Wildman–Crippen LogP) is 5.03. The van der Waals surface area contributed by atoms with Gasteiger partial charge in [0.15, 0.2) is 5.58 Å². The van der Waals surface area contributed by atoms with Crippen molar-refractivity contribution < 1.29 is 13.9 Å². The zero-order chi connectivity index (χ0) is 27.2. The number of nitrogens with one attached hydrogen (secondary N) is 1. The molecule has 2 heterocycles. The number of carbonyl (C=O) groups excluding carboxylic acids is 1. The Morgan fingerprint density at radius 3 is 2.49 bits per heavy atom. The largest absolute Gasteiger partial charge is 0.423 e. The molecule has 0 radical (unpaired) electrons. The van der Waals surface area contributed by atoms with Crippen molar-refractivity contribution in [2.24, 2.45) is 0 Å². The normalized spacial score (nSPS) is 14.1. The summed E-state index contributed by atoms with van der Waals surface area (Å²) < 4.78 is 11.5. The molecular weight excluding hydrogens is 490 g/mol. The second-order valence-electron chi connectivity index (χ2n) is 10.0. The molecule has 0 spiro atoms. The number of aromatic nitrogens is 1. The Labute approximate surface area is 230 Å². The van der Waals surface area contributed by atoms with Crippen LogP contribution in [0.2, 0.25) is 0 Å². The molecule has 0 aliphatic carbocycles. The standard InChI is InChI=1S/C31H37N5O3/c1-4-38-21-20-35(3)29(37)22-23-8-10-24(11-9-23)27-6-5-7-28-30(27)39-31(33-28)32-25-12-14-26(15-13-25)36-18-16-34(2)17-19-36/h5-15H,4,16-22H2,1-3H3,(H,32,33). The van der Waals surface area contributed by atoms with Crippen molar-refractivity contribution in [2.45, 2.75) is 13.3 Å². The molecule has 1 aromatic heterocycles. The van der Waals surface area contributed by atoms with Crippen LogP contribution >= 0.6 is 0 Å².